The number of nitrogens with one attached hydrogen (secondary N) is 1. The molecule has 0 saturated carbocycles. The molecule has 0 aromatic heterocycles. The predicted octanol–water partition coefficient (Wildman–Crippen LogP) is 3.79. The molecule has 11 heteroatoms. The average molecular weight is 514 g/mol. The number of methoxy groups -OCH3 is 2. The minimum Gasteiger partial charge on any atom is -0.493 e. The molecule has 0 spiro atoms. The second-order valence-electron chi connectivity index (χ2n) is 7.90. The molecule has 0 fully saturated rings. The molecule has 0 atom stereocenters. The smallest absolute Gasteiger partial charge is 0.271 e. The summed E-state index contributed by atoms with van der Waals surface area (Å²) in [5.41, 5.74) is 1.56. The van der Waals surface area contributed by atoms with Gasteiger partial charge in [-0.15, -0.1) is 0 Å². The molecular weight excluding hydrogens is 486 g/mol. The van der Waals surface area contributed by atoms with Crippen molar-refractivity contribution in [2.45, 2.75) is 18.2 Å². The average Bonchev–Trinajstić information content (AvgIpc) is 2.87. The Balaban J connectivity index is 1.90. The molecule has 36 heavy (non-hydrogen) atoms. The van der Waals surface area contributed by atoms with Gasteiger partial charge in [-0.3, -0.25) is 14.9 Å². The minimum atomic E-state index is -4.12. The number of hydrogen-bond donors (Lipinski definition) is 1. The van der Waals surface area contributed by atoms with Gasteiger partial charge in [0.1, 0.15) is 0 Å². The van der Waals surface area contributed by atoms with E-state index in [1.54, 1.807) is 6.92 Å². The fourth-order valence-electron chi connectivity index (χ4n) is 3.52. The van der Waals surface area contributed by atoms with Crippen LogP contribution in [0.5, 0.6) is 11.5 Å². The molecule has 0 unspecified atom stereocenters. The molecule has 3 rings (SSSR count). The number of aryl methyl sites for hydroxylation is 1. The molecule has 3 aromatic carbocycles. The Morgan fingerprint density at radius 1 is 1.00 bits per heavy atom. The second kappa shape index (κ2) is 11.6. The zero-order valence-corrected chi connectivity index (χ0v) is 20.9. The van der Waals surface area contributed by atoms with Gasteiger partial charge in [0.05, 0.1) is 36.3 Å². The summed E-state index contributed by atoms with van der Waals surface area (Å²) in [4.78, 5) is 23.4. The van der Waals surface area contributed by atoms with E-state index in [2.05, 4.69) is 5.32 Å². The van der Waals surface area contributed by atoms with Crippen LogP contribution in [0.4, 0.5) is 11.4 Å². The highest BCUT2D eigenvalue weighted by Crippen LogP contribution is 2.31. The standard InChI is InChI=1S/C25H27N3O7S/c1-18-9-10-20(28(30)31)15-22(18)26-25(29)17-27(14-13-19-7-5-4-6-8-19)36(32,33)21-11-12-23(34-2)24(16-21)35-3/h4-12,15-16H,13-14,17H2,1-3H3,(H,26,29). The van der Waals surface area contributed by atoms with Crippen molar-refractivity contribution < 1.29 is 27.6 Å². The van der Waals surface area contributed by atoms with E-state index in [0.29, 0.717) is 17.7 Å². The van der Waals surface area contributed by atoms with Crippen molar-refractivity contribution in [2.24, 2.45) is 0 Å². The highest BCUT2D eigenvalue weighted by atomic mass is 32.2. The van der Waals surface area contributed by atoms with Crippen molar-refractivity contribution in [3.8, 4) is 11.5 Å². The first kappa shape index (κ1) is 26.6. The monoisotopic (exact) mass is 513 g/mol. The Labute approximate surface area is 209 Å². The Bertz CT molecular complexity index is 1350. The number of nitrogens with zero attached hydrogens (tertiary/aromatic N) is 2. The Morgan fingerprint density at radius 3 is 2.33 bits per heavy atom. The summed E-state index contributed by atoms with van der Waals surface area (Å²) < 4.78 is 38.7. The fourth-order valence-corrected chi connectivity index (χ4v) is 4.93. The lowest BCUT2D eigenvalue weighted by atomic mass is 10.1. The Hall–Kier alpha value is -3.96. The number of sulfonamides is 1. The number of anilines is 1. The third-order valence-electron chi connectivity index (χ3n) is 5.51. The van der Waals surface area contributed by atoms with Gasteiger partial charge in [0, 0.05) is 24.7 Å². The van der Waals surface area contributed by atoms with E-state index >= 15 is 0 Å². The molecule has 10 nitrogen and oxygen atoms in total. The minimum absolute atomic E-state index is 0.0298. The van der Waals surface area contributed by atoms with Gasteiger partial charge < -0.3 is 14.8 Å². The van der Waals surface area contributed by atoms with Crippen molar-refractivity contribution in [3.05, 3.63) is 88.0 Å². The molecule has 1 N–H and O–H groups in total. The Morgan fingerprint density at radius 2 is 1.69 bits per heavy atom. The maximum absolute atomic E-state index is 13.6. The van der Waals surface area contributed by atoms with Gasteiger partial charge in [-0.25, -0.2) is 8.42 Å². The van der Waals surface area contributed by atoms with Crippen molar-refractivity contribution in [3.63, 3.8) is 0 Å². The zero-order chi connectivity index (χ0) is 26.3. The van der Waals surface area contributed by atoms with Gasteiger partial charge in [-0.05, 0) is 36.6 Å². The summed E-state index contributed by atoms with van der Waals surface area (Å²) in [6.45, 7) is 1.22. The first-order chi connectivity index (χ1) is 17.1. The quantitative estimate of drug-likeness (QED) is 0.305. The summed E-state index contributed by atoms with van der Waals surface area (Å²) in [6, 6.07) is 17.6. The summed E-state index contributed by atoms with van der Waals surface area (Å²) in [6.07, 6.45) is 0.372. The highest BCUT2D eigenvalue weighted by molar-refractivity contribution is 7.89. The first-order valence-electron chi connectivity index (χ1n) is 11.0. The van der Waals surface area contributed by atoms with Crippen LogP contribution in [0.25, 0.3) is 0 Å². The van der Waals surface area contributed by atoms with Crippen LogP contribution in [-0.4, -0.2) is 50.9 Å². The number of benzene rings is 3. The van der Waals surface area contributed by atoms with Crippen molar-refractivity contribution in [2.75, 3.05) is 32.6 Å². The molecule has 0 saturated heterocycles. The van der Waals surface area contributed by atoms with Crippen molar-refractivity contribution >= 4 is 27.3 Å². The number of ether oxygens (including phenoxy) is 2. The molecule has 0 aliphatic heterocycles. The maximum Gasteiger partial charge on any atom is 0.271 e. The van der Waals surface area contributed by atoms with Crippen LogP contribution < -0.4 is 14.8 Å². The van der Waals surface area contributed by atoms with Gasteiger partial charge >= 0.3 is 0 Å². The van der Waals surface area contributed by atoms with Gasteiger partial charge in [0.2, 0.25) is 15.9 Å². The summed E-state index contributed by atoms with van der Waals surface area (Å²) in [7, 11) is -1.28. The van der Waals surface area contributed by atoms with E-state index < -0.39 is 27.4 Å². The SMILES string of the molecule is COc1ccc(S(=O)(=O)N(CCc2ccccc2)CC(=O)Nc2cc([N+](=O)[O-])ccc2C)cc1OC. The van der Waals surface area contributed by atoms with Crippen LogP contribution >= 0.6 is 0 Å². The van der Waals surface area contributed by atoms with Crippen LogP contribution in [0.3, 0.4) is 0 Å². The van der Waals surface area contributed by atoms with E-state index in [-0.39, 0.29) is 28.6 Å². The van der Waals surface area contributed by atoms with Crippen LogP contribution in [0.1, 0.15) is 11.1 Å². The van der Waals surface area contributed by atoms with Gasteiger partial charge in [0.25, 0.3) is 5.69 Å². The number of nitro benzene ring substituents is 1. The Kier molecular flexibility index (Phi) is 8.62. The lowest BCUT2D eigenvalue weighted by Crippen LogP contribution is -2.39. The molecule has 0 radical (unpaired) electrons. The van der Waals surface area contributed by atoms with Crippen LogP contribution in [-0.2, 0) is 21.2 Å². The fraction of sp³-hybridized carbons (Fsp3) is 0.240. The summed E-state index contributed by atoms with van der Waals surface area (Å²) in [5, 5.41) is 13.7. The third kappa shape index (κ3) is 6.37. The number of carbonyl (C=O) groups excluding carboxylic acids is 1. The van der Waals surface area contributed by atoms with Gasteiger partial charge in [0.15, 0.2) is 11.5 Å². The summed E-state index contributed by atoms with van der Waals surface area (Å²) in [5.74, 6) is -0.0276. The van der Waals surface area contributed by atoms with E-state index in [1.165, 1.54) is 50.6 Å². The predicted molar refractivity (Wildman–Crippen MR) is 135 cm³/mol. The normalized spacial score (nSPS) is 11.2. The molecule has 1 amide bonds. The number of rotatable bonds is 11. The number of nitro groups is 1. The number of carbonyl (C=O) groups is 1. The van der Waals surface area contributed by atoms with Gasteiger partial charge in [-0.1, -0.05) is 36.4 Å². The maximum atomic E-state index is 13.6. The van der Waals surface area contributed by atoms with Crippen molar-refractivity contribution in [1.29, 1.82) is 0 Å². The molecule has 3 aromatic rings. The topological polar surface area (TPSA) is 128 Å². The molecule has 0 heterocycles. The first-order valence-corrected chi connectivity index (χ1v) is 12.4. The zero-order valence-electron chi connectivity index (χ0n) is 20.1. The molecule has 0 aliphatic rings. The van der Waals surface area contributed by atoms with Gasteiger partial charge in [-0.2, -0.15) is 4.31 Å². The number of hydrogen-bond acceptors (Lipinski definition) is 7. The molecule has 190 valence electrons. The summed E-state index contributed by atoms with van der Waals surface area (Å²) >= 11 is 0. The van der Waals surface area contributed by atoms with Crippen LogP contribution in [0.15, 0.2) is 71.6 Å². The van der Waals surface area contributed by atoms with Crippen LogP contribution in [0, 0.1) is 17.0 Å². The molecule has 0 bridgehead atoms. The third-order valence-corrected chi connectivity index (χ3v) is 7.35. The highest BCUT2D eigenvalue weighted by Gasteiger charge is 2.28. The number of non-ortho nitro benzene ring substituents is 1. The number of amides is 1. The van der Waals surface area contributed by atoms with E-state index in [4.69, 9.17) is 9.47 Å². The van der Waals surface area contributed by atoms with Crippen molar-refractivity contribution in [1.82, 2.24) is 4.31 Å². The van der Waals surface area contributed by atoms with E-state index in [0.717, 1.165) is 9.87 Å². The molecule has 0 aliphatic carbocycles. The lowest BCUT2D eigenvalue weighted by Gasteiger charge is -2.23. The van der Waals surface area contributed by atoms with E-state index in [9.17, 15) is 23.3 Å². The van der Waals surface area contributed by atoms with E-state index in [1.807, 2.05) is 30.3 Å². The largest absolute Gasteiger partial charge is 0.493 e. The molecular formula is C25H27N3O7S. The second-order valence-corrected chi connectivity index (χ2v) is 9.83. The van der Waals surface area contributed by atoms with Crippen LogP contribution in [0.2, 0.25) is 0 Å². The lowest BCUT2D eigenvalue weighted by molar-refractivity contribution is -0.384.